The molecule has 0 radical (unpaired) electrons. The van der Waals surface area contributed by atoms with Gasteiger partial charge < -0.3 is 18.9 Å². The first kappa shape index (κ1) is 15.2. The highest BCUT2D eigenvalue weighted by atomic mass is 16.6. The lowest BCUT2D eigenvalue weighted by molar-refractivity contribution is -0.136. The number of carbonyl (C=O) groups is 1. The second-order valence-electron chi connectivity index (χ2n) is 6.10. The quantitative estimate of drug-likeness (QED) is 0.822. The van der Waals surface area contributed by atoms with Crippen molar-refractivity contribution in [1.29, 1.82) is 0 Å². The first-order chi connectivity index (χ1) is 10.6. The van der Waals surface area contributed by atoms with Crippen molar-refractivity contribution in [2.45, 2.75) is 37.5 Å². The Balaban J connectivity index is 1.56. The normalized spacial score (nSPS) is 23.9. The Morgan fingerprint density at radius 1 is 1.41 bits per heavy atom. The second kappa shape index (κ2) is 6.22. The Bertz CT molecular complexity index is 590. The molecule has 6 heteroatoms. The number of ether oxygens (including phenoxy) is 2. The molecule has 0 aliphatic carbocycles. The molecule has 1 aromatic heterocycles. The summed E-state index contributed by atoms with van der Waals surface area (Å²) in [5, 5.41) is 0. The zero-order valence-electron chi connectivity index (χ0n) is 12.9. The van der Waals surface area contributed by atoms with Gasteiger partial charge in [-0.05, 0) is 18.9 Å². The van der Waals surface area contributed by atoms with E-state index < -0.39 is 0 Å². The lowest BCUT2D eigenvalue weighted by Crippen LogP contribution is -2.48. The maximum Gasteiger partial charge on any atom is 0.250 e. The summed E-state index contributed by atoms with van der Waals surface area (Å²) in [6.07, 6.45) is 4.40. The zero-order valence-corrected chi connectivity index (χ0v) is 12.9. The van der Waals surface area contributed by atoms with Crippen LogP contribution in [0.5, 0.6) is 0 Å². The Labute approximate surface area is 129 Å². The highest BCUT2D eigenvalue weighted by molar-refractivity contribution is 5.76. The second-order valence-corrected chi connectivity index (χ2v) is 6.10. The molecule has 1 spiro atoms. The molecule has 2 aliphatic heterocycles. The van der Waals surface area contributed by atoms with Gasteiger partial charge in [0.1, 0.15) is 6.54 Å². The maximum atomic E-state index is 12.3. The van der Waals surface area contributed by atoms with E-state index in [1.54, 1.807) is 25.4 Å². The number of carbonyl (C=O) groups excluding carboxylic acids is 1. The van der Waals surface area contributed by atoms with Crippen LogP contribution in [-0.4, -0.2) is 53.9 Å². The van der Waals surface area contributed by atoms with E-state index in [1.807, 2.05) is 4.90 Å². The highest BCUT2D eigenvalue weighted by Gasteiger charge is 2.43. The SMILES string of the molecule is COC1COC2(CCN(C(=O)Cn3ccccc3=O)CC2)C1. The Hall–Kier alpha value is -1.66. The van der Waals surface area contributed by atoms with Gasteiger partial charge in [-0.25, -0.2) is 0 Å². The summed E-state index contributed by atoms with van der Waals surface area (Å²) in [5.41, 5.74) is -0.271. The Morgan fingerprint density at radius 2 is 2.18 bits per heavy atom. The lowest BCUT2D eigenvalue weighted by Gasteiger charge is -2.38. The summed E-state index contributed by atoms with van der Waals surface area (Å²) >= 11 is 0. The molecule has 0 bridgehead atoms. The maximum absolute atomic E-state index is 12.3. The van der Waals surface area contributed by atoms with Gasteiger partial charge in [-0.1, -0.05) is 6.07 Å². The molecule has 6 nitrogen and oxygen atoms in total. The third kappa shape index (κ3) is 3.08. The van der Waals surface area contributed by atoms with Gasteiger partial charge in [-0.2, -0.15) is 0 Å². The summed E-state index contributed by atoms with van der Waals surface area (Å²) in [7, 11) is 1.71. The molecule has 1 unspecified atom stereocenters. The lowest BCUT2D eigenvalue weighted by atomic mass is 9.88. The van der Waals surface area contributed by atoms with E-state index >= 15 is 0 Å². The van der Waals surface area contributed by atoms with Crippen molar-refractivity contribution in [3.8, 4) is 0 Å². The molecule has 3 rings (SSSR count). The molecular weight excluding hydrogens is 284 g/mol. The zero-order chi connectivity index (χ0) is 15.6. The molecule has 2 fully saturated rings. The molecule has 0 N–H and O–H groups in total. The van der Waals surface area contributed by atoms with Crippen molar-refractivity contribution < 1.29 is 14.3 Å². The van der Waals surface area contributed by atoms with Gasteiger partial charge in [-0.3, -0.25) is 9.59 Å². The van der Waals surface area contributed by atoms with Crippen molar-refractivity contribution in [2.75, 3.05) is 26.8 Å². The minimum atomic E-state index is -0.147. The van der Waals surface area contributed by atoms with Gasteiger partial charge in [0, 0.05) is 38.9 Å². The van der Waals surface area contributed by atoms with Crippen LogP contribution in [0.3, 0.4) is 0 Å². The molecule has 0 aromatic carbocycles. The Morgan fingerprint density at radius 3 is 2.82 bits per heavy atom. The first-order valence-corrected chi connectivity index (χ1v) is 7.72. The van der Waals surface area contributed by atoms with Crippen molar-refractivity contribution in [2.24, 2.45) is 0 Å². The number of methoxy groups -OCH3 is 1. The molecule has 2 saturated heterocycles. The summed E-state index contributed by atoms with van der Waals surface area (Å²) in [6.45, 7) is 2.10. The van der Waals surface area contributed by atoms with Crippen molar-refractivity contribution in [3.05, 3.63) is 34.7 Å². The van der Waals surface area contributed by atoms with Crippen LogP contribution in [-0.2, 0) is 20.8 Å². The smallest absolute Gasteiger partial charge is 0.250 e. The molecule has 1 aromatic rings. The number of pyridine rings is 1. The van der Waals surface area contributed by atoms with Crippen molar-refractivity contribution in [3.63, 3.8) is 0 Å². The minimum absolute atomic E-state index is 0.00978. The molecule has 1 amide bonds. The number of piperidine rings is 1. The van der Waals surface area contributed by atoms with Crippen LogP contribution in [0.2, 0.25) is 0 Å². The van der Waals surface area contributed by atoms with Gasteiger partial charge >= 0.3 is 0 Å². The average Bonchev–Trinajstić information content (AvgIpc) is 2.93. The third-order valence-electron chi connectivity index (χ3n) is 4.74. The summed E-state index contributed by atoms with van der Waals surface area (Å²) in [6, 6.07) is 4.91. The fourth-order valence-electron chi connectivity index (χ4n) is 3.30. The predicted molar refractivity (Wildman–Crippen MR) is 80.6 cm³/mol. The number of amides is 1. The molecule has 3 heterocycles. The number of likely N-dealkylation sites (tertiary alicyclic amines) is 1. The van der Waals surface area contributed by atoms with E-state index in [0.717, 1.165) is 19.3 Å². The fraction of sp³-hybridized carbons (Fsp3) is 0.625. The van der Waals surface area contributed by atoms with Crippen LogP contribution in [0.25, 0.3) is 0 Å². The van der Waals surface area contributed by atoms with E-state index in [0.29, 0.717) is 19.7 Å². The van der Waals surface area contributed by atoms with Gasteiger partial charge in [-0.15, -0.1) is 0 Å². The Kier molecular flexibility index (Phi) is 4.31. The van der Waals surface area contributed by atoms with Crippen molar-refractivity contribution >= 4 is 5.91 Å². The fourth-order valence-corrected chi connectivity index (χ4v) is 3.30. The predicted octanol–water partition coefficient (Wildman–Crippen LogP) is 0.645. The number of aromatic nitrogens is 1. The van der Waals surface area contributed by atoms with Gasteiger partial charge in [0.15, 0.2) is 0 Å². The summed E-state index contributed by atoms with van der Waals surface area (Å²) in [5.74, 6) is -0.00978. The van der Waals surface area contributed by atoms with Crippen LogP contribution in [0.1, 0.15) is 19.3 Å². The van der Waals surface area contributed by atoms with Gasteiger partial charge in [0.25, 0.3) is 5.56 Å². The highest BCUT2D eigenvalue weighted by Crippen LogP contribution is 2.36. The number of hydrogen-bond donors (Lipinski definition) is 0. The monoisotopic (exact) mass is 306 g/mol. The third-order valence-corrected chi connectivity index (χ3v) is 4.74. The van der Waals surface area contributed by atoms with Crippen LogP contribution < -0.4 is 5.56 Å². The molecule has 22 heavy (non-hydrogen) atoms. The van der Waals surface area contributed by atoms with Gasteiger partial charge in [0.2, 0.25) is 5.91 Å². The van der Waals surface area contributed by atoms with Crippen LogP contribution in [0.4, 0.5) is 0 Å². The van der Waals surface area contributed by atoms with Gasteiger partial charge in [0.05, 0.1) is 18.3 Å². The van der Waals surface area contributed by atoms with Crippen LogP contribution in [0, 0.1) is 0 Å². The number of hydrogen-bond acceptors (Lipinski definition) is 4. The standard InChI is InChI=1S/C16H22N2O4/c1-21-13-10-16(22-12-13)5-8-17(9-6-16)15(20)11-18-7-3-2-4-14(18)19/h2-4,7,13H,5-6,8-12H2,1H3. The van der Waals surface area contributed by atoms with E-state index in [-0.39, 0.29) is 29.7 Å². The van der Waals surface area contributed by atoms with E-state index in [1.165, 1.54) is 10.6 Å². The molecule has 0 saturated carbocycles. The topological polar surface area (TPSA) is 60.8 Å². The summed E-state index contributed by atoms with van der Waals surface area (Å²) < 4.78 is 12.7. The number of nitrogens with zero attached hydrogens (tertiary/aromatic N) is 2. The van der Waals surface area contributed by atoms with E-state index in [4.69, 9.17) is 9.47 Å². The van der Waals surface area contributed by atoms with E-state index in [2.05, 4.69) is 0 Å². The van der Waals surface area contributed by atoms with Crippen LogP contribution >= 0.6 is 0 Å². The van der Waals surface area contributed by atoms with Crippen molar-refractivity contribution in [1.82, 2.24) is 9.47 Å². The largest absolute Gasteiger partial charge is 0.379 e. The molecule has 120 valence electrons. The minimum Gasteiger partial charge on any atom is -0.379 e. The summed E-state index contributed by atoms with van der Waals surface area (Å²) in [4.78, 5) is 25.8. The van der Waals surface area contributed by atoms with Crippen LogP contribution in [0.15, 0.2) is 29.2 Å². The molecule has 1 atom stereocenters. The number of rotatable bonds is 3. The molecular formula is C16H22N2O4. The molecule has 2 aliphatic rings. The van der Waals surface area contributed by atoms with E-state index in [9.17, 15) is 9.59 Å². The average molecular weight is 306 g/mol. The first-order valence-electron chi connectivity index (χ1n) is 7.72.